The van der Waals surface area contributed by atoms with E-state index in [9.17, 15) is 9.59 Å². The molecule has 1 fully saturated rings. The molecule has 6 nitrogen and oxygen atoms in total. The Morgan fingerprint density at radius 2 is 2.07 bits per heavy atom. The second-order valence-electron chi connectivity index (χ2n) is 7.25. The number of amides is 2. The van der Waals surface area contributed by atoms with Gasteiger partial charge in [0.05, 0.1) is 17.3 Å². The van der Waals surface area contributed by atoms with E-state index in [2.05, 4.69) is 4.98 Å². The van der Waals surface area contributed by atoms with Crippen molar-refractivity contribution in [2.45, 2.75) is 32.6 Å². The van der Waals surface area contributed by atoms with Crippen LogP contribution in [-0.2, 0) is 17.6 Å². The molecule has 7 heteroatoms. The van der Waals surface area contributed by atoms with Crippen molar-refractivity contribution >= 4 is 31.0 Å². The lowest BCUT2D eigenvalue weighted by atomic mass is 9.70. The fraction of sp³-hybridized carbons (Fsp3) is 0.350. The van der Waals surface area contributed by atoms with Crippen LogP contribution in [0.5, 0.6) is 0 Å². The number of hydroxylamine groups is 1. The van der Waals surface area contributed by atoms with Gasteiger partial charge in [0.2, 0.25) is 5.91 Å². The zero-order valence-corrected chi connectivity index (χ0v) is 16.2. The first-order chi connectivity index (χ1) is 12.5. The van der Waals surface area contributed by atoms with Gasteiger partial charge in [0.25, 0.3) is 5.91 Å². The van der Waals surface area contributed by atoms with E-state index in [0.29, 0.717) is 18.5 Å². The van der Waals surface area contributed by atoms with Gasteiger partial charge in [0, 0.05) is 18.3 Å². The van der Waals surface area contributed by atoms with Crippen LogP contribution in [0.2, 0.25) is 0 Å². The van der Waals surface area contributed by atoms with Crippen molar-refractivity contribution in [1.82, 2.24) is 10.5 Å². The minimum Gasteiger partial charge on any atom is -0.310 e. The molecule has 2 heterocycles. The summed E-state index contributed by atoms with van der Waals surface area (Å²) in [5.74, 6) is -0.334. The highest BCUT2D eigenvalue weighted by Gasteiger charge is 2.48. The number of carbonyl (C=O) groups is 2. The lowest BCUT2D eigenvalue weighted by molar-refractivity contribution is -0.126. The largest absolute Gasteiger partial charge is 0.310 e. The van der Waals surface area contributed by atoms with Gasteiger partial charge in [-0.25, -0.2) is 5.48 Å². The van der Waals surface area contributed by atoms with E-state index in [1.54, 1.807) is 23.9 Å². The molecule has 27 heavy (non-hydrogen) atoms. The van der Waals surface area contributed by atoms with Crippen LogP contribution in [0.4, 0.5) is 5.69 Å². The fourth-order valence-electron chi connectivity index (χ4n) is 4.25. The Morgan fingerprint density at radius 3 is 2.81 bits per heavy atom. The van der Waals surface area contributed by atoms with Crippen LogP contribution in [-0.4, -0.2) is 28.6 Å². The molecule has 0 unspecified atom stereocenters. The molecule has 4 rings (SSSR count). The van der Waals surface area contributed by atoms with Gasteiger partial charge in [0.1, 0.15) is 0 Å². The summed E-state index contributed by atoms with van der Waals surface area (Å²) in [5, 5.41) is 8.80. The topological polar surface area (TPSA) is 82.5 Å². The SMILES string of the molecule is Cc1ccncc1N1CC[C@@]2(CCc3cc(C(=O)NO)ccc3C2)C1=O.S. The van der Waals surface area contributed by atoms with E-state index >= 15 is 0 Å². The number of hydrogen-bond acceptors (Lipinski definition) is 4. The van der Waals surface area contributed by atoms with E-state index in [0.717, 1.165) is 41.6 Å². The van der Waals surface area contributed by atoms with Crippen molar-refractivity contribution in [2.24, 2.45) is 5.41 Å². The Kier molecular flexibility index (Phi) is 5.26. The maximum atomic E-state index is 13.3. The first-order valence-electron chi connectivity index (χ1n) is 8.83. The van der Waals surface area contributed by atoms with Gasteiger partial charge in [-0.05, 0) is 67.5 Å². The first kappa shape index (κ1) is 19.4. The molecule has 1 spiro atoms. The highest BCUT2D eigenvalue weighted by Crippen LogP contribution is 2.45. The van der Waals surface area contributed by atoms with Crippen LogP contribution < -0.4 is 10.4 Å². The lowest BCUT2D eigenvalue weighted by Crippen LogP contribution is -2.39. The number of nitrogens with zero attached hydrogens (tertiary/aromatic N) is 2. The molecule has 0 bridgehead atoms. The second-order valence-corrected chi connectivity index (χ2v) is 7.25. The first-order valence-corrected chi connectivity index (χ1v) is 8.83. The molecule has 2 amide bonds. The summed E-state index contributed by atoms with van der Waals surface area (Å²) < 4.78 is 0. The van der Waals surface area contributed by atoms with Gasteiger partial charge in [0.15, 0.2) is 0 Å². The van der Waals surface area contributed by atoms with Crippen LogP contribution in [0, 0.1) is 12.3 Å². The number of carbonyl (C=O) groups excluding carboxylic acids is 2. The summed E-state index contributed by atoms with van der Waals surface area (Å²) >= 11 is 0. The van der Waals surface area contributed by atoms with Crippen molar-refractivity contribution in [3.8, 4) is 0 Å². The Bertz CT molecular complexity index is 902. The fourth-order valence-corrected chi connectivity index (χ4v) is 4.25. The van der Waals surface area contributed by atoms with Crippen LogP contribution in [0.1, 0.15) is 39.9 Å². The van der Waals surface area contributed by atoms with Crippen molar-refractivity contribution in [1.29, 1.82) is 0 Å². The van der Waals surface area contributed by atoms with Crippen LogP contribution >= 0.6 is 13.5 Å². The maximum Gasteiger partial charge on any atom is 0.274 e. The van der Waals surface area contributed by atoms with Gasteiger partial charge >= 0.3 is 0 Å². The molecule has 2 N–H and O–H groups in total. The number of pyridine rings is 1. The molecule has 1 aliphatic carbocycles. The number of hydrogen-bond donors (Lipinski definition) is 2. The molecule has 1 aromatic carbocycles. The second kappa shape index (κ2) is 7.32. The summed E-state index contributed by atoms with van der Waals surface area (Å²) in [4.78, 5) is 30.9. The summed E-state index contributed by atoms with van der Waals surface area (Å²) in [6, 6.07) is 7.35. The normalized spacial score (nSPS) is 21.0. The minimum atomic E-state index is -0.511. The highest BCUT2D eigenvalue weighted by atomic mass is 32.1. The van der Waals surface area contributed by atoms with E-state index in [-0.39, 0.29) is 24.8 Å². The summed E-state index contributed by atoms with van der Waals surface area (Å²) in [5.41, 5.74) is 5.89. The van der Waals surface area contributed by atoms with E-state index < -0.39 is 5.91 Å². The maximum absolute atomic E-state index is 13.3. The third-order valence-corrected chi connectivity index (χ3v) is 5.79. The molecule has 2 aliphatic rings. The van der Waals surface area contributed by atoms with Crippen molar-refractivity contribution in [3.05, 3.63) is 58.9 Å². The molecule has 0 radical (unpaired) electrons. The summed E-state index contributed by atoms with van der Waals surface area (Å²) in [7, 11) is 0. The Morgan fingerprint density at radius 1 is 1.26 bits per heavy atom. The Hall–Kier alpha value is -2.38. The summed E-state index contributed by atoms with van der Waals surface area (Å²) in [6.45, 7) is 2.71. The molecule has 0 saturated carbocycles. The number of fused-ring (bicyclic) bond motifs is 1. The molecular weight excluding hydrogens is 362 g/mol. The average Bonchev–Trinajstić information content (AvgIpc) is 2.97. The zero-order chi connectivity index (χ0) is 18.3. The molecule has 2 aromatic rings. The number of rotatable bonds is 2. The van der Waals surface area contributed by atoms with Crippen LogP contribution in [0.15, 0.2) is 36.7 Å². The summed E-state index contributed by atoms with van der Waals surface area (Å²) in [6.07, 6.45) is 6.57. The van der Waals surface area contributed by atoms with Gasteiger partial charge in [-0.3, -0.25) is 19.8 Å². The number of anilines is 1. The number of aromatic nitrogens is 1. The highest BCUT2D eigenvalue weighted by molar-refractivity contribution is 7.59. The van der Waals surface area contributed by atoms with Gasteiger partial charge in [-0.1, -0.05) is 6.07 Å². The van der Waals surface area contributed by atoms with E-state index in [4.69, 9.17) is 5.21 Å². The Labute approximate surface area is 165 Å². The molecule has 1 atom stereocenters. The number of benzene rings is 1. The quantitative estimate of drug-likeness (QED) is 0.615. The third-order valence-electron chi connectivity index (χ3n) is 5.79. The van der Waals surface area contributed by atoms with Crippen molar-refractivity contribution in [2.75, 3.05) is 11.4 Å². The zero-order valence-electron chi connectivity index (χ0n) is 15.2. The number of nitrogens with one attached hydrogen (secondary N) is 1. The lowest BCUT2D eigenvalue weighted by Gasteiger charge is -2.33. The van der Waals surface area contributed by atoms with E-state index in [1.807, 2.05) is 30.0 Å². The molecule has 1 aromatic heterocycles. The van der Waals surface area contributed by atoms with Gasteiger partial charge in [-0.2, -0.15) is 13.5 Å². The number of aryl methyl sites for hydroxylation is 2. The monoisotopic (exact) mass is 385 g/mol. The predicted molar refractivity (Wildman–Crippen MR) is 106 cm³/mol. The smallest absolute Gasteiger partial charge is 0.274 e. The minimum absolute atomic E-state index is 0. The molecule has 1 saturated heterocycles. The van der Waals surface area contributed by atoms with Crippen molar-refractivity contribution in [3.63, 3.8) is 0 Å². The molecule has 142 valence electrons. The standard InChI is InChI=1S/C20H21N3O3.H2S/c1-13-5-8-21-12-17(13)23-9-7-20(19(23)25)6-4-14-10-15(18(24)22-26)2-3-16(14)11-20;/h2-3,5,8,10,12,26H,4,6-7,9,11H2,1H3,(H,22,24);1H2/t20-;/m1./s1. The molecular formula is C20H23N3O3S. The average molecular weight is 385 g/mol. The predicted octanol–water partition coefficient (Wildman–Crippen LogP) is 2.53. The van der Waals surface area contributed by atoms with E-state index in [1.165, 1.54) is 0 Å². The van der Waals surface area contributed by atoms with Crippen LogP contribution in [0.3, 0.4) is 0 Å². The molecule has 1 aliphatic heterocycles. The van der Waals surface area contributed by atoms with Crippen molar-refractivity contribution < 1.29 is 14.8 Å². The van der Waals surface area contributed by atoms with Gasteiger partial charge < -0.3 is 4.90 Å². The third kappa shape index (κ3) is 3.21. The van der Waals surface area contributed by atoms with Gasteiger partial charge in [-0.15, -0.1) is 0 Å². The van der Waals surface area contributed by atoms with Crippen LogP contribution in [0.25, 0.3) is 0 Å². The Balaban J connectivity index is 0.00000210.